The van der Waals surface area contributed by atoms with Crippen molar-refractivity contribution in [3.63, 3.8) is 0 Å². The number of ether oxygens (including phenoxy) is 3. The maximum absolute atomic E-state index is 12.4. The highest BCUT2D eigenvalue weighted by Crippen LogP contribution is 2.31. The maximum Gasteiger partial charge on any atom is 0.307 e. The number of methoxy groups -OCH3 is 1. The summed E-state index contributed by atoms with van der Waals surface area (Å²) in [7, 11) is 1.58. The lowest BCUT2D eigenvalue weighted by Gasteiger charge is -2.17. The molecule has 0 aliphatic rings. The number of hydrogen-bond acceptors (Lipinski definition) is 6. The van der Waals surface area contributed by atoms with Crippen molar-refractivity contribution < 1.29 is 23.4 Å². The van der Waals surface area contributed by atoms with Crippen LogP contribution in [0.1, 0.15) is 43.3 Å². The number of furan rings is 1. The number of carbonyl (C=O) groups excluding carboxylic acids is 1. The van der Waals surface area contributed by atoms with E-state index in [4.69, 9.17) is 18.6 Å². The average molecular weight is 410 g/mol. The third-order valence-corrected chi connectivity index (χ3v) is 4.52. The number of amides is 1. The molecule has 0 radical (unpaired) electrons. The Morgan fingerprint density at radius 3 is 2.80 bits per heavy atom. The molecule has 0 fully saturated rings. The van der Waals surface area contributed by atoms with Crippen LogP contribution >= 0.6 is 0 Å². The van der Waals surface area contributed by atoms with Crippen LogP contribution < -0.4 is 19.6 Å². The molecule has 0 saturated heterocycles. The first-order valence-corrected chi connectivity index (χ1v) is 9.89. The highest BCUT2D eigenvalue weighted by Gasteiger charge is 2.14. The van der Waals surface area contributed by atoms with Gasteiger partial charge in [0.1, 0.15) is 11.3 Å². The van der Waals surface area contributed by atoms with E-state index in [0.717, 1.165) is 17.6 Å². The van der Waals surface area contributed by atoms with Crippen LogP contribution in [-0.2, 0) is 0 Å². The molecule has 0 spiro atoms. The maximum atomic E-state index is 12.4. The second kappa shape index (κ2) is 9.82. The second-order valence-electron chi connectivity index (χ2n) is 6.66. The third kappa shape index (κ3) is 4.92. The van der Waals surface area contributed by atoms with Gasteiger partial charge in [0.25, 0.3) is 0 Å². The van der Waals surface area contributed by atoms with Crippen LogP contribution in [0.4, 0.5) is 0 Å². The Kier molecular flexibility index (Phi) is 6.95. The fourth-order valence-corrected chi connectivity index (χ4v) is 2.81. The molecular formula is C23H26N2O5. The molecule has 7 nitrogen and oxygen atoms in total. The van der Waals surface area contributed by atoms with Crippen molar-refractivity contribution in [2.75, 3.05) is 13.7 Å². The van der Waals surface area contributed by atoms with E-state index >= 15 is 0 Å². The van der Waals surface area contributed by atoms with Gasteiger partial charge in [-0.05, 0) is 56.7 Å². The predicted octanol–water partition coefficient (Wildman–Crippen LogP) is 4.78. The molecule has 3 aromatic rings. The summed E-state index contributed by atoms with van der Waals surface area (Å²) in [5.41, 5.74) is 3.79. The third-order valence-electron chi connectivity index (χ3n) is 4.52. The summed E-state index contributed by atoms with van der Waals surface area (Å²) < 4.78 is 22.4. The quantitative estimate of drug-likeness (QED) is 0.405. The summed E-state index contributed by atoms with van der Waals surface area (Å²) in [6, 6.07) is 12.6. The Morgan fingerprint density at radius 2 is 2.07 bits per heavy atom. The van der Waals surface area contributed by atoms with Crippen molar-refractivity contribution >= 4 is 23.1 Å². The van der Waals surface area contributed by atoms with E-state index in [0.29, 0.717) is 29.3 Å². The normalized spacial score (nSPS) is 12.1. The molecule has 0 aliphatic heterocycles. The van der Waals surface area contributed by atoms with Crippen molar-refractivity contribution in [1.29, 1.82) is 0 Å². The number of carbonyl (C=O) groups is 1. The molecule has 0 aliphatic carbocycles. The lowest BCUT2D eigenvalue weighted by molar-refractivity contribution is 0.0929. The molecule has 1 atom stereocenters. The molecule has 2 aromatic carbocycles. The fraction of sp³-hybridized carbons (Fsp3) is 0.304. The monoisotopic (exact) mass is 410 g/mol. The van der Waals surface area contributed by atoms with Crippen LogP contribution in [-0.4, -0.2) is 31.9 Å². The molecule has 1 amide bonds. The topological polar surface area (TPSA) is 82.3 Å². The van der Waals surface area contributed by atoms with Gasteiger partial charge in [0, 0.05) is 10.9 Å². The molecule has 1 aromatic heterocycles. The highest BCUT2D eigenvalue weighted by molar-refractivity contribution is 5.97. The van der Waals surface area contributed by atoms with Gasteiger partial charge in [-0.2, -0.15) is 5.10 Å². The first kappa shape index (κ1) is 21.2. The van der Waals surface area contributed by atoms with Gasteiger partial charge in [0.15, 0.2) is 17.3 Å². The molecule has 3 rings (SSSR count). The van der Waals surface area contributed by atoms with Crippen molar-refractivity contribution in [1.82, 2.24) is 5.43 Å². The summed E-state index contributed by atoms with van der Waals surface area (Å²) in [4.78, 5) is 12.4. The summed E-state index contributed by atoms with van der Waals surface area (Å²) >= 11 is 0. The van der Waals surface area contributed by atoms with E-state index in [1.807, 2.05) is 45.0 Å². The summed E-state index contributed by atoms with van der Waals surface area (Å²) in [5, 5.41) is 4.84. The van der Waals surface area contributed by atoms with Crippen LogP contribution in [0.2, 0.25) is 0 Å². The Morgan fingerprint density at radius 1 is 1.23 bits per heavy atom. The lowest BCUT2D eigenvalue weighted by Crippen LogP contribution is -2.17. The number of hydrogen-bond donors (Lipinski definition) is 1. The number of nitrogens with one attached hydrogen (secondary N) is 1. The van der Waals surface area contributed by atoms with Gasteiger partial charge in [-0.3, -0.25) is 4.79 Å². The Bertz CT molecular complexity index is 1040. The Labute approximate surface area is 175 Å². The predicted molar refractivity (Wildman–Crippen MR) is 116 cm³/mol. The van der Waals surface area contributed by atoms with Gasteiger partial charge in [0.2, 0.25) is 0 Å². The zero-order chi connectivity index (χ0) is 21.5. The van der Waals surface area contributed by atoms with Gasteiger partial charge >= 0.3 is 5.91 Å². The summed E-state index contributed by atoms with van der Waals surface area (Å²) in [6.45, 7) is 6.50. The Balaban J connectivity index is 1.75. The zero-order valence-electron chi connectivity index (χ0n) is 17.6. The minimum atomic E-state index is -0.451. The molecule has 7 heteroatoms. The molecule has 0 saturated carbocycles. The van der Waals surface area contributed by atoms with Crippen molar-refractivity contribution in [3.8, 4) is 17.2 Å². The van der Waals surface area contributed by atoms with Gasteiger partial charge < -0.3 is 18.6 Å². The van der Waals surface area contributed by atoms with E-state index in [2.05, 4.69) is 10.5 Å². The largest absolute Gasteiger partial charge is 0.494 e. The summed E-state index contributed by atoms with van der Waals surface area (Å²) in [6.07, 6.45) is 2.39. The first-order valence-electron chi connectivity index (χ1n) is 9.89. The van der Waals surface area contributed by atoms with E-state index < -0.39 is 5.91 Å². The minimum Gasteiger partial charge on any atom is -0.494 e. The lowest BCUT2D eigenvalue weighted by atomic mass is 10.2. The molecule has 0 bridgehead atoms. The molecule has 1 heterocycles. The SMILES string of the molecule is CCOc1ccc2oc(C(=O)N/N=C/c3cccc(OC)c3O[C@H](C)CC)cc2c1. The van der Waals surface area contributed by atoms with Gasteiger partial charge in [-0.1, -0.05) is 13.0 Å². The standard InChI is InChI=1S/C23H26N2O5/c1-5-15(3)29-22-16(8-7-9-20(22)27-4)14-24-25-23(26)21-13-17-12-18(28-6-2)10-11-19(17)30-21/h7-15H,5-6H2,1-4H3,(H,25,26)/b24-14+/t15-/m1/s1. The second-order valence-corrected chi connectivity index (χ2v) is 6.66. The number of rotatable bonds is 9. The highest BCUT2D eigenvalue weighted by atomic mass is 16.5. The van der Waals surface area contributed by atoms with Gasteiger partial charge in [-0.15, -0.1) is 0 Å². The summed E-state index contributed by atoms with van der Waals surface area (Å²) in [5.74, 6) is 1.63. The van der Waals surface area contributed by atoms with Crippen LogP contribution in [0.3, 0.4) is 0 Å². The van der Waals surface area contributed by atoms with E-state index in [9.17, 15) is 4.79 Å². The van der Waals surface area contributed by atoms with Crippen molar-refractivity contribution in [2.45, 2.75) is 33.3 Å². The van der Waals surface area contributed by atoms with Crippen LogP contribution in [0, 0.1) is 0 Å². The molecule has 0 unspecified atom stereocenters. The van der Waals surface area contributed by atoms with Crippen molar-refractivity contribution in [2.24, 2.45) is 5.10 Å². The molecule has 30 heavy (non-hydrogen) atoms. The molecule has 1 N–H and O–H groups in total. The van der Waals surface area contributed by atoms with Crippen LogP contribution in [0.25, 0.3) is 11.0 Å². The van der Waals surface area contributed by atoms with Crippen LogP contribution in [0.15, 0.2) is 52.0 Å². The Hall–Kier alpha value is -3.48. The van der Waals surface area contributed by atoms with Gasteiger partial charge in [-0.25, -0.2) is 5.43 Å². The minimum absolute atomic E-state index is 0.0140. The van der Waals surface area contributed by atoms with Crippen LogP contribution in [0.5, 0.6) is 17.2 Å². The molecular weight excluding hydrogens is 384 g/mol. The van der Waals surface area contributed by atoms with Gasteiger partial charge in [0.05, 0.1) is 26.0 Å². The average Bonchev–Trinajstić information content (AvgIpc) is 3.18. The fourth-order valence-electron chi connectivity index (χ4n) is 2.81. The number of benzene rings is 2. The number of hydrazone groups is 1. The molecule has 158 valence electrons. The number of nitrogens with zero attached hydrogens (tertiary/aromatic N) is 1. The number of para-hydroxylation sites is 1. The zero-order valence-corrected chi connectivity index (χ0v) is 17.6. The first-order chi connectivity index (χ1) is 14.5. The van der Waals surface area contributed by atoms with Crippen molar-refractivity contribution in [3.05, 3.63) is 53.8 Å². The number of fused-ring (bicyclic) bond motifs is 1. The smallest absolute Gasteiger partial charge is 0.307 e. The van der Waals surface area contributed by atoms with E-state index in [1.54, 1.807) is 25.3 Å². The van der Waals surface area contributed by atoms with E-state index in [-0.39, 0.29) is 11.9 Å². The van der Waals surface area contributed by atoms with E-state index in [1.165, 1.54) is 6.21 Å².